The number of aromatic nitrogens is 3. The average molecular weight is 391 g/mol. The van der Waals surface area contributed by atoms with Gasteiger partial charge in [-0.2, -0.15) is 0 Å². The van der Waals surface area contributed by atoms with Crippen molar-refractivity contribution in [3.63, 3.8) is 0 Å². The second-order valence-corrected chi connectivity index (χ2v) is 6.95. The summed E-state index contributed by atoms with van der Waals surface area (Å²) < 4.78 is 0. The molecule has 0 aliphatic carbocycles. The van der Waals surface area contributed by atoms with Crippen LogP contribution in [0.4, 0.5) is 0 Å². The summed E-state index contributed by atoms with van der Waals surface area (Å²) in [6.07, 6.45) is 6.62. The summed E-state index contributed by atoms with van der Waals surface area (Å²) in [6, 6.07) is 18.1. The van der Waals surface area contributed by atoms with Gasteiger partial charge in [0.1, 0.15) is 0 Å². The number of rotatable bonds is 13. The lowest BCUT2D eigenvalue weighted by Crippen LogP contribution is -2.34. The van der Waals surface area contributed by atoms with Crippen molar-refractivity contribution >= 4 is 0 Å². The maximum atomic E-state index is 4.48. The van der Waals surface area contributed by atoms with E-state index < -0.39 is 0 Å². The predicted octanol–water partition coefficient (Wildman–Crippen LogP) is 2.64. The zero-order valence-electron chi connectivity index (χ0n) is 16.9. The highest BCUT2D eigenvalue weighted by Crippen LogP contribution is 2.02. The molecule has 0 aliphatic heterocycles. The molecule has 29 heavy (non-hydrogen) atoms. The van der Waals surface area contributed by atoms with Gasteiger partial charge in [0.05, 0.1) is 17.1 Å². The minimum atomic E-state index is 0.796. The van der Waals surface area contributed by atoms with Crippen LogP contribution in [0.2, 0.25) is 0 Å². The largest absolute Gasteiger partial charge is 0.311 e. The fourth-order valence-electron chi connectivity index (χ4n) is 3.09. The highest BCUT2D eigenvalue weighted by atomic mass is 15.1. The molecule has 0 spiro atoms. The summed E-state index contributed by atoms with van der Waals surface area (Å²) in [5.41, 5.74) is 3.26. The summed E-state index contributed by atoms with van der Waals surface area (Å²) in [5.74, 6) is 0. The van der Waals surface area contributed by atoms with E-state index in [1.165, 1.54) is 0 Å². The predicted molar refractivity (Wildman–Crippen MR) is 116 cm³/mol. The molecule has 6 heteroatoms. The van der Waals surface area contributed by atoms with Crippen LogP contribution in [0.1, 0.15) is 23.5 Å². The molecule has 0 saturated heterocycles. The summed E-state index contributed by atoms with van der Waals surface area (Å²) >= 11 is 0. The van der Waals surface area contributed by atoms with Crippen LogP contribution in [0.3, 0.4) is 0 Å². The van der Waals surface area contributed by atoms with Crippen molar-refractivity contribution in [2.24, 2.45) is 0 Å². The molecule has 0 radical (unpaired) electrons. The van der Waals surface area contributed by atoms with E-state index in [1.807, 2.05) is 67.1 Å². The van der Waals surface area contributed by atoms with Gasteiger partial charge in [0, 0.05) is 51.3 Å². The van der Waals surface area contributed by atoms with Gasteiger partial charge in [-0.1, -0.05) is 18.2 Å². The van der Waals surface area contributed by atoms with Gasteiger partial charge >= 0.3 is 0 Å². The van der Waals surface area contributed by atoms with Crippen LogP contribution in [-0.2, 0) is 19.6 Å². The van der Waals surface area contributed by atoms with Crippen molar-refractivity contribution in [1.82, 2.24) is 30.5 Å². The quantitative estimate of drug-likeness (QED) is 0.438. The number of nitrogens with one attached hydrogen (secondary N) is 2. The maximum Gasteiger partial charge on any atom is 0.0543 e. The van der Waals surface area contributed by atoms with Crippen molar-refractivity contribution in [2.45, 2.75) is 26.1 Å². The molecular formula is C23H30N6. The second-order valence-electron chi connectivity index (χ2n) is 6.95. The van der Waals surface area contributed by atoms with E-state index in [4.69, 9.17) is 0 Å². The summed E-state index contributed by atoms with van der Waals surface area (Å²) in [7, 11) is 0. The molecule has 0 bridgehead atoms. The fourth-order valence-corrected chi connectivity index (χ4v) is 3.09. The third kappa shape index (κ3) is 8.48. The van der Waals surface area contributed by atoms with Gasteiger partial charge in [-0.05, 0) is 55.9 Å². The second kappa shape index (κ2) is 12.7. The van der Waals surface area contributed by atoms with Crippen molar-refractivity contribution in [1.29, 1.82) is 0 Å². The van der Waals surface area contributed by atoms with Crippen LogP contribution >= 0.6 is 0 Å². The van der Waals surface area contributed by atoms with Gasteiger partial charge in [-0.25, -0.2) is 0 Å². The maximum absolute atomic E-state index is 4.48. The number of pyridine rings is 3. The van der Waals surface area contributed by atoms with E-state index >= 15 is 0 Å². The van der Waals surface area contributed by atoms with E-state index in [0.29, 0.717) is 0 Å². The van der Waals surface area contributed by atoms with Crippen LogP contribution < -0.4 is 10.6 Å². The summed E-state index contributed by atoms with van der Waals surface area (Å²) in [5, 5.41) is 6.97. The minimum Gasteiger partial charge on any atom is -0.311 e. The third-order valence-corrected chi connectivity index (χ3v) is 4.61. The molecule has 3 rings (SSSR count). The Morgan fingerprint density at radius 3 is 1.72 bits per heavy atom. The fraction of sp³-hybridized carbons (Fsp3) is 0.348. The Kier molecular flexibility index (Phi) is 9.23. The Morgan fingerprint density at radius 1 is 0.621 bits per heavy atom. The number of hydrogen-bond acceptors (Lipinski definition) is 6. The zero-order chi connectivity index (χ0) is 20.0. The van der Waals surface area contributed by atoms with Crippen LogP contribution in [0.15, 0.2) is 73.2 Å². The molecule has 3 aromatic rings. The molecule has 0 fully saturated rings. The van der Waals surface area contributed by atoms with Crippen LogP contribution in [0.25, 0.3) is 0 Å². The Labute approximate surface area is 173 Å². The van der Waals surface area contributed by atoms with E-state index in [1.54, 1.807) is 0 Å². The molecule has 6 nitrogen and oxygen atoms in total. The molecule has 2 N–H and O–H groups in total. The molecule has 0 unspecified atom stereocenters. The van der Waals surface area contributed by atoms with Crippen molar-refractivity contribution in [3.05, 3.63) is 90.3 Å². The Bertz CT molecular complexity index is 782. The van der Waals surface area contributed by atoms with Gasteiger partial charge in [0.2, 0.25) is 0 Å². The molecule has 152 valence electrons. The molecule has 0 aliphatic rings. The van der Waals surface area contributed by atoms with Crippen molar-refractivity contribution in [3.8, 4) is 0 Å². The van der Waals surface area contributed by atoms with Gasteiger partial charge < -0.3 is 10.6 Å². The van der Waals surface area contributed by atoms with E-state index in [-0.39, 0.29) is 0 Å². The smallest absolute Gasteiger partial charge is 0.0543 e. The molecule has 0 amide bonds. The average Bonchev–Trinajstić information content (AvgIpc) is 2.78. The zero-order valence-corrected chi connectivity index (χ0v) is 16.9. The first-order valence-corrected chi connectivity index (χ1v) is 10.2. The summed E-state index contributed by atoms with van der Waals surface area (Å²) in [6.45, 7) is 6.37. The third-order valence-electron chi connectivity index (χ3n) is 4.61. The van der Waals surface area contributed by atoms with Gasteiger partial charge in [0.15, 0.2) is 0 Å². The van der Waals surface area contributed by atoms with Gasteiger partial charge in [0.25, 0.3) is 0 Å². The molecule has 3 aromatic heterocycles. The topological polar surface area (TPSA) is 66.0 Å². The van der Waals surface area contributed by atoms with E-state index in [9.17, 15) is 0 Å². The summed E-state index contributed by atoms with van der Waals surface area (Å²) in [4.78, 5) is 15.6. The lowest BCUT2D eigenvalue weighted by atomic mass is 10.3. The lowest BCUT2D eigenvalue weighted by Gasteiger charge is -2.22. The first-order valence-electron chi connectivity index (χ1n) is 10.2. The highest BCUT2D eigenvalue weighted by molar-refractivity contribution is 5.04. The Balaban J connectivity index is 1.39. The number of nitrogens with zero attached hydrogens (tertiary/aromatic N) is 4. The van der Waals surface area contributed by atoms with Crippen molar-refractivity contribution in [2.75, 3.05) is 26.2 Å². The van der Waals surface area contributed by atoms with Crippen molar-refractivity contribution < 1.29 is 0 Å². The minimum absolute atomic E-state index is 0.796. The Hall–Kier alpha value is -2.67. The van der Waals surface area contributed by atoms with Gasteiger partial charge in [-0.15, -0.1) is 0 Å². The first-order chi connectivity index (χ1) is 14.4. The van der Waals surface area contributed by atoms with Gasteiger partial charge in [-0.3, -0.25) is 19.9 Å². The highest BCUT2D eigenvalue weighted by Gasteiger charge is 2.07. The lowest BCUT2D eigenvalue weighted by molar-refractivity contribution is 0.257. The van der Waals surface area contributed by atoms with Crippen LogP contribution in [0.5, 0.6) is 0 Å². The molecule has 3 heterocycles. The molecular weight excluding hydrogens is 360 g/mol. The molecule has 0 aromatic carbocycles. The monoisotopic (exact) mass is 390 g/mol. The molecule has 0 saturated carbocycles. The van der Waals surface area contributed by atoms with Crippen LogP contribution in [0, 0.1) is 0 Å². The standard InChI is InChI=1S/C23H30N6/c1-4-12-26-21(8-1)18-24-11-7-16-29(20-23-10-3-6-14-28-23)17-15-25-19-22-9-2-5-13-27-22/h1-6,8-10,12-14,24-25H,7,11,15-20H2. The SMILES string of the molecule is c1ccc(CNCCCN(CCNCc2ccccn2)Cc2ccccn2)nc1. The number of hydrogen-bond donors (Lipinski definition) is 2. The normalized spacial score (nSPS) is 11.1. The van der Waals surface area contributed by atoms with Crippen LogP contribution in [-0.4, -0.2) is 46.0 Å². The first kappa shape index (κ1) is 21.0. The Morgan fingerprint density at radius 2 is 1.17 bits per heavy atom. The molecule has 0 atom stereocenters. The van der Waals surface area contributed by atoms with E-state index in [0.717, 1.165) is 69.3 Å². The van der Waals surface area contributed by atoms with E-state index in [2.05, 4.69) is 36.6 Å².